The SMILES string of the molecule is C[C@]1(N2CCC(c3cc4cc(NC(=O)C5CC5c5ccncc5)ncc4cc3Cl)CC2)COC[C@H]1O. The first kappa shape index (κ1) is 23.8. The highest BCUT2D eigenvalue weighted by Crippen LogP contribution is 2.48. The second-order valence-corrected chi connectivity index (χ2v) is 11.1. The van der Waals surface area contributed by atoms with Crippen molar-refractivity contribution in [3.63, 3.8) is 0 Å². The van der Waals surface area contributed by atoms with E-state index in [-0.39, 0.29) is 23.3 Å². The zero-order valence-electron chi connectivity index (χ0n) is 20.4. The van der Waals surface area contributed by atoms with E-state index in [9.17, 15) is 9.90 Å². The first-order valence-corrected chi connectivity index (χ1v) is 13.1. The van der Waals surface area contributed by atoms with Crippen LogP contribution in [0.25, 0.3) is 10.8 Å². The predicted molar refractivity (Wildman–Crippen MR) is 139 cm³/mol. The molecule has 2 saturated heterocycles. The fourth-order valence-corrected chi connectivity index (χ4v) is 6.23. The van der Waals surface area contributed by atoms with Crippen LogP contribution in [0.2, 0.25) is 5.02 Å². The van der Waals surface area contributed by atoms with Gasteiger partial charge in [0.05, 0.1) is 24.9 Å². The lowest BCUT2D eigenvalue weighted by Gasteiger charge is -2.43. The molecule has 6 rings (SSSR count). The molecule has 7 nitrogen and oxygen atoms in total. The van der Waals surface area contributed by atoms with Gasteiger partial charge in [0.2, 0.25) is 5.91 Å². The number of aliphatic hydroxyl groups excluding tert-OH is 1. The number of hydrogen-bond donors (Lipinski definition) is 2. The number of pyridine rings is 2. The molecular weight excluding hydrogens is 476 g/mol. The summed E-state index contributed by atoms with van der Waals surface area (Å²) < 4.78 is 5.54. The largest absolute Gasteiger partial charge is 0.389 e. The molecule has 1 aliphatic carbocycles. The molecule has 3 aromatic rings. The summed E-state index contributed by atoms with van der Waals surface area (Å²) in [6.07, 6.45) is 7.67. The van der Waals surface area contributed by atoms with Crippen molar-refractivity contribution in [2.45, 2.75) is 49.7 Å². The molecule has 4 atom stereocenters. The molecule has 8 heteroatoms. The monoisotopic (exact) mass is 506 g/mol. The zero-order valence-corrected chi connectivity index (χ0v) is 21.1. The lowest BCUT2D eigenvalue weighted by atomic mass is 9.85. The Morgan fingerprint density at radius 2 is 1.97 bits per heavy atom. The second-order valence-electron chi connectivity index (χ2n) is 10.7. The van der Waals surface area contributed by atoms with Crippen LogP contribution in [0.15, 0.2) is 48.9 Å². The average molecular weight is 507 g/mol. The fourth-order valence-electron chi connectivity index (χ4n) is 5.90. The molecule has 4 heterocycles. The van der Waals surface area contributed by atoms with Crippen molar-refractivity contribution >= 4 is 34.1 Å². The molecular formula is C28H31ClN4O3. The van der Waals surface area contributed by atoms with Gasteiger partial charge in [-0.25, -0.2) is 4.98 Å². The Morgan fingerprint density at radius 3 is 2.69 bits per heavy atom. The first-order chi connectivity index (χ1) is 17.4. The highest BCUT2D eigenvalue weighted by Gasteiger charge is 2.45. The maximum absolute atomic E-state index is 12.8. The van der Waals surface area contributed by atoms with E-state index in [0.717, 1.165) is 59.3 Å². The summed E-state index contributed by atoms with van der Waals surface area (Å²) in [4.78, 5) is 23.7. The average Bonchev–Trinajstić information content (AvgIpc) is 3.63. The van der Waals surface area contributed by atoms with Gasteiger partial charge in [-0.3, -0.25) is 14.7 Å². The number of aliphatic hydroxyl groups is 1. The normalized spacial score (nSPS) is 28.9. The number of piperidine rings is 1. The van der Waals surface area contributed by atoms with Crippen LogP contribution in [-0.2, 0) is 9.53 Å². The van der Waals surface area contributed by atoms with E-state index in [1.807, 2.05) is 24.3 Å². The van der Waals surface area contributed by atoms with E-state index in [4.69, 9.17) is 16.3 Å². The predicted octanol–water partition coefficient (Wildman–Crippen LogP) is 4.35. The number of fused-ring (bicyclic) bond motifs is 1. The van der Waals surface area contributed by atoms with Crippen molar-refractivity contribution in [3.05, 3.63) is 65.1 Å². The first-order valence-electron chi connectivity index (χ1n) is 12.7. The summed E-state index contributed by atoms with van der Waals surface area (Å²) in [5.74, 6) is 1.15. The van der Waals surface area contributed by atoms with Crippen molar-refractivity contribution in [2.75, 3.05) is 31.6 Å². The van der Waals surface area contributed by atoms with Crippen LogP contribution >= 0.6 is 11.6 Å². The highest BCUT2D eigenvalue weighted by molar-refractivity contribution is 6.32. The van der Waals surface area contributed by atoms with Gasteiger partial charge in [-0.15, -0.1) is 0 Å². The standard InChI is InChI=1S/C28H31ClN4O3/c1-28(16-36-15-25(28)34)33-8-4-18(5-9-33)22-10-19-12-26(31-14-20(19)11-24(22)29)32-27(35)23-13-21(23)17-2-6-30-7-3-17/h2-3,6-7,10-12,14,18,21,23,25,34H,4-5,8-9,13,15-16H2,1H3,(H,31,32,35)/t21?,23?,25-,28+/m1/s1. The number of carbonyl (C=O) groups excluding carboxylic acids is 1. The van der Waals surface area contributed by atoms with Crippen LogP contribution < -0.4 is 5.32 Å². The third kappa shape index (κ3) is 4.39. The van der Waals surface area contributed by atoms with Gasteiger partial charge in [0.15, 0.2) is 0 Å². The summed E-state index contributed by atoms with van der Waals surface area (Å²) >= 11 is 6.72. The van der Waals surface area contributed by atoms with Crippen molar-refractivity contribution in [1.29, 1.82) is 0 Å². The summed E-state index contributed by atoms with van der Waals surface area (Å²) in [6.45, 7) is 4.87. The van der Waals surface area contributed by atoms with E-state index in [1.54, 1.807) is 18.6 Å². The second kappa shape index (κ2) is 9.38. The number of anilines is 1. The smallest absolute Gasteiger partial charge is 0.229 e. The Morgan fingerprint density at radius 1 is 1.19 bits per heavy atom. The Balaban J connectivity index is 1.15. The zero-order chi connectivity index (χ0) is 24.9. The van der Waals surface area contributed by atoms with Crippen LogP contribution in [0.3, 0.4) is 0 Å². The number of carbonyl (C=O) groups is 1. The number of aromatic nitrogens is 2. The molecule has 1 aromatic carbocycles. The number of rotatable bonds is 5. The number of amides is 1. The molecule has 1 saturated carbocycles. The summed E-state index contributed by atoms with van der Waals surface area (Å²) in [7, 11) is 0. The van der Waals surface area contributed by atoms with Crippen molar-refractivity contribution in [1.82, 2.24) is 14.9 Å². The summed E-state index contributed by atoms with van der Waals surface area (Å²) in [5.41, 5.74) is 1.99. The molecule has 0 spiro atoms. The van der Waals surface area contributed by atoms with E-state index in [1.165, 1.54) is 0 Å². The molecule has 3 aliphatic rings. The Hall–Kier alpha value is -2.58. The van der Waals surface area contributed by atoms with Crippen LogP contribution in [0.5, 0.6) is 0 Å². The molecule has 2 unspecified atom stereocenters. The number of nitrogens with one attached hydrogen (secondary N) is 1. The number of hydrogen-bond acceptors (Lipinski definition) is 6. The maximum atomic E-state index is 12.8. The van der Waals surface area contributed by atoms with Crippen LogP contribution in [0.4, 0.5) is 5.82 Å². The molecule has 1 amide bonds. The van der Waals surface area contributed by atoms with Crippen molar-refractivity contribution in [3.8, 4) is 0 Å². The number of ether oxygens (including phenoxy) is 1. The van der Waals surface area contributed by atoms with Crippen LogP contribution in [-0.4, -0.2) is 63.8 Å². The van der Waals surface area contributed by atoms with Gasteiger partial charge in [0.1, 0.15) is 5.82 Å². The van der Waals surface area contributed by atoms with Gasteiger partial charge >= 0.3 is 0 Å². The third-order valence-corrected chi connectivity index (χ3v) is 8.72. The van der Waals surface area contributed by atoms with Gasteiger partial charge in [0, 0.05) is 34.9 Å². The van der Waals surface area contributed by atoms with Crippen LogP contribution in [0.1, 0.15) is 49.1 Å². The minimum absolute atomic E-state index is 0.0109. The maximum Gasteiger partial charge on any atom is 0.229 e. The third-order valence-electron chi connectivity index (χ3n) is 8.40. The van der Waals surface area contributed by atoms with E-state index in [0.29, 0.717) is 24.9 Å². The Kier molecular flexibility index (Phi) is 6.20. The minimum Gasteiger partial charge on any atom is -0.389 e. The molecule has 2 N–H and O–H groups in total. The number of likely N-dealkylation sites (tertiary alicyclic amines) is 1. The molecule has 36 heavy (non-hydrogen) atoms. The van der Waals surface area contributed by atoms with E-state index < -0.39 is 6.10 Å². The summed E-state index contributed by atoms with van der Waals surface area (Å²) in [6, 6.07) is 10.0. The fraction of sp³-hybridized carbons (Fsp3) is 0.464. The van der Waals surface area contributed by atoms with E-state index >= 15 is 0 Å². The number of nitrogens with zero attached hydrogens (tertiary/aromatic N) is 3. The Bertz CT molecular complexity index is 1280. The van der Waals surface area contributed by atoms with Crippen molar-refractivity contribution < 1.29 is 14.6 Å². The molecule has 0 bridgehead atoms. The molecule has 2 aliphatic heterocycles. The minimum atomic E-state index is -0.449. The van der Waals surface area contributed by atoms with Gasteiger partial charge in [0.25, 0.3) is 0 Å². The summed E-state index contributed by atoms with van der Waals surface area (Å²) in [5, 5.41) is 16.2. The van der Waals surface area contributed by atoms with Crippen LogP contribution in [0, 0.1) is 5.92 Å². The van der Waals surface area contributed by atoms with Gasteiger partial charge < -0.3 is 15.2 Å². The lowest BCUT2D eigenvalue weighted by Crippen LogP contribution is -2.56. The van der Waals surface area contributed by atoms with Crippen molar-refractivity contribution in [2.24, 2.45) is 5.92 Å². The lowest BCUT2D eigenvalue weighted by molar-refractivity contribution is -0.117. The molecule has 3 fully saturated rings. The number of halogens is 1. The highest BCUT2D eigenvalue weighted by atomic mass is 35.5. The van der Waals surface area contributed by atoms with Gasteiger partial charge in [-0.05, 0) is 98.0 Å². The molecule has 2 aromatic heterocycles. The van der Waals surface area contributed by atoms with Gasteiger partial charge in [-0.2, -0.15) is 0 Å². The topological polar surface area (TPSA) is 87.6 Å². The molecule has 188 valence electrons. The molecule has 0 radical (unpaired) electrons. The quantitative estimate of drug-likeness (QED) is 0.535. The van der Waals surface area contributed by atoms with E-state index in [2.05, 4.69) is 33.2 Å². The van der Waals surface area contributed by atoms with Gasteiger partial charge in [-0.1, -0.05) is 11.6 Å². The number of benzene rings is 1. The Labute approximate surface area is 215 Å².